The molecule has 1 saturated heterocycles. The molecule has 0 saturated carbocycles. The first kappa shape index (κ1) is 16.7. The van der Waals surface area contributed by atoms with E-state index in [0.717, 1.165) is 42.6 Å². The Balaban J connectivity index is 1.40. The molecule has 0 spiro atoms. The molecule has 1 aliphatic rings. The highest BCUT2D eigenvalue weighted by molar-refractivity contribution is 5.98. The van der Waals surface area contributed by atoms with Crippen LogP contribution in [-0.2, 0) is 0 Å². The van der Waals surface area contributed by atoms with Crippen molar-refractivity contribution in [2.45, 2.75) is 19.8 Å². The fraction of sp³-hybridized carbons (Fsp3) is 0.318. The standard InChI is InChI=1S/C22H24N2O2/c1-16-6-4-9-19(12-16)26-15-17-7-5-11-24(14-17)22(25)21-13-18-8-2-3-10-20(18)23-21/h2-4,6,8-10,12-13,17,23H,5,7,11,14-15H2,1H3/t17-/m0/s1. The number of nitrogens with one attached hydrogen (secondary N) is 1. The van der Waals surface area contributed by atoms with Crippen LogP contribution < -0.4 is 4.74 Å². The number of hydrogen-bond acceptors (Lipinski definition) is 2. The number of aryl methyl sites for hydroxylation is 1. The van der Waals surface area contributed by atoms with Crippen molar-refractivity contribution >= 4 is 16.8 Å². The van der Waals surface area contributed by atoms with E-state index in [1.165, 1.54) is 5.56 Å². The highest BCUT2D eigenvalue weighted by Gasteiger charge is 2.25. The lowest BCUT2D eigenvalue weighted by atomic mass is 9.98. The fourth-order valence-corrected chi connectivity index (χ4v) is 3.66. The molecule has 4 nitrogen and oxygen atoms in total. The zero-order chi connectivity index (χ0) is 17.9. The van der Waals surface area contributed by atoms with Gasteiger partial charge in [-0.15, -0.1) is 0 Å². The van der Waals surface area contributed by atoms with Crippen molar-refractivity contribution in [2.24, 2.45) is 5.92 Å². The molecular formula is C22H24N2O2. The van der Waals surface area contributed by atoms with Crippen LogP contribution in [0.5, 0.6) is 5.75 Å². The van der Waals surface area contributed by atoms with E-state index in [-0.39, 0.29) is 5.91 Å². The maximum absolute atomic E-state index is 12.9. The Hall–Kier alpha value is -2.75. The molecule has 0 aliphatic carbocycles. The van der Waals surface area contributed by atoms with E-state index in [1.807, 2.05) is 47.4 Å². The molecule has 134 valence electrons. The maximum Gasteiger partial charge on any atom is 0.270 e. The zero-order valence-corrected chi connectivity index (χ0v) is 15.1. The molecule has 26 heavy (non-hydrogen) atoms. The van der Waals surface area contributed by atoms with Gasteiger partial charge in [-0.3, -0.25) is 4.79 Å². The summed E-state index contributed by atoms with van der Waals surface area (Å²) in [6, 6.07) is 18.1. The number of likely N-dealkylation sites (tertiary alicyclic amines) is 1. The van der Waals surface area contributed by atoms with Crippen molar-refractivity contribution in [3.8, 4) is 5.75 Å². The second-order valence-electron chi connectivity index (χ2n) is 7.16. The first-order chi connectivity index (χ1) is 12.7. The minimum Gasteiger partial charge on any atom is -0.493 e. The van der Waals surface area contributed by atoms with E-state index in [2.05, 4.69) is 24.0 Å². The van der Waals surface area contributed by atoms with Crippen LogP contribution in [-0.4, -0.2) is 35.5 Å². The number of benzene rings is 2. The molecular weight excluding hydrogens is 324 g/mol. The van der Waals surface area contributed by atoms with E-state index in [0.29, 0.717) is 18.2 Å². The third-order valence-electron chi connectivity index (χ3n) is 5.04. The van der Waals surface area contributed by atoms with E-state index >= 15 is 0 Å². The summed E-state index contributed by atoms with van der Waals surface area (Å²) in [6.45, 7) is 4.28. The molecule has 0 unspecified atom stereocenters. The Morgan fingerprint density at radius 2 is 2.08 bits per heavy atom. The van der Waals surface area contributed by atoms with Gasteiger partial charge in [0.15, 0.2) is 0 Å². The van der Waals surface area contributed by atoms with Gasteiger partial charge in [-0.2, -0.15) is 0 Å². The van der Waals surface area contributed by atoms with Crippen LogP contribution in [0, 0.1) is 12.8 Å². The summed E-state index contributed by atoms with van der Waals surface area (Å²) in [5, 5.41) is 1.08. The van der Waals surface area contributed by atoms with Gasteiger partial charge in [0.25, 0.3) is 5.91 Å². The van der Waals surface area contributed by atoms with Gasteiger partial charge < -0.3 is 14.6 Å². The number of piperidine rings is 1. The number of hydrogen-bond donors (Lipinski definition) is 1. The van der Waals surface area contributed by atoms with Crippen LogP contribution in [0.4, 0.5) is 0 Å². The predicted molar refractivity (Wildman–Crippen MR) is 104 cm³/mol. The Bertz CT molecular complexity index is 882. The summed E-state index contributed by atoms with van der Waals surface area (Å²) in [5.41, 5.74) is 2.88. The normalized spacial score (nSPS) is 17.4. The lowest BCUT2D eigenvalue weighted by Crippen LogP contribution is -2.41. The minimum atomic E-state index is 0.0847. The number of aromatic amines is 1. The molecule has 2 aromatic carbocycles. The van der Waals surface area contributed by atoms with Crippen LogP contribution in [0.3, 0.4) is 0 Å². The number of nitrogens with zero attached hydrogens (tertiary/aromatic N) is 1. The van der Waals surface area contributed by atoms with Crippen LogP contribution >= 0.6 is 0 Å². The van der Waals surface area contributed by atoms with Crippen LogP contribution in [0.15, 0.2) is 54.6 Å². The Morgan fingerprint density at radius 1 is 1.19 bits per heavy atom. The smallest absolute Gasteiger partial charge is 0.270 e. The Morgan fingerprint density at radius 3 is 2.92 bits per heavy atom. The van der Waals surface area contributed by atoms with Gasteiger partial charge in [0.2, 0.25) is 0 Å². The molecule has 1 aliphatic heterocycles. The summed E-state index contributed by atoms with van der Waals surface area (Å²) in [4.78, 5) is 18.1. The number of carbonyl (C=O) groups excluding carboxylic acids is 1. The van der Waals surface area contributed by atoms with Crippen molar-refractivity contribution in [2.75, 3.05) is 19.7 Å². The molecule has 0 radical (unpaired) electrons. The highest BCUT2D eigenvalue weighted by Crippen LogP contribution is 2.22. The van der Waals surface area contributed by atoms with E-state index in [4.69, 9.17) is 4.74 Å². The molecule has 1 atom stereocenters. The van der Waals surface area contributed by atoms with Gasteiger partial charge in [-0.25, -0.2) is 0 Å². The number of fused-ring (bicyclic) bond motifs is 1. The lowest BCUT2D eigenvalue weighted by molar-refractivity contribution is 0.0628. The third kappa shape index (κ3) is 3.59. The number of ether oxygens (including phenoxy) is 1. The Labute approximate surface area is 153 Å². The minimum absolute atomic E-state index is 0.0847. The number of H-pyrrole nitrogens is 1. The maximum atomic E-state index is 12.9. The topological polar surface area (TPSA) is 45.3 Å². The van der Waals surface area contributed by atoms with Crippen molar-refractivity contribution < 1.29 is 9.53 Å². The SMILES string of the molecule is Cc1cccc(OC[C@H]2CCCN(C(=O)c3cc4ccccc4[nH]3)C2)c1. The number of aromatic nitrogens is 1. The highest BCUT2D eigenvalue weighted by atomic mass is 16.5. The molecule has 3 aromatic rings. The summed E-state index contributed by atoms with van der Waals surface area (Å²) in [7, 11) is 0. The molecule has 1 N–H and O–H groups in total. The largest absolute Gasteiger partial charge is 0.493 e. The predicted octanol–water partition coefficient (Wildman–Crippen LogP) is 4.41. The third-order valence-corrected chi connectivity index (χ3v) is 5.04. The molecule has 4 heteroatoms. The van der Waals surface area contributed by atoms with Crippen LogP contribution in [0.1, 0.15) is 28.9 Å². The van der Waals surface area contributed by atoms with Gasteiger partial charge in [-0.1, -0.05) is 30.3 Å². The number of carbonyl (C=O) groups is 1. The van der Waals surface area contributed by atoms with Gasteiger partial charge >= 0.3 is 0 Å². The summed E-state index contributed by atoms with van der Waals surface area (Å²) in [6.07, 6.45) is 2.12. The second-order valence-corrected chi connectivity index (χ2v) is 7.16. The Kier molecular flexibility index (Phi) is 4.65. The fourth-order valence-electron chi connectivity index (χ4n) is 3.66. The monoisotopic (exact) mass is 348 g/mol. The molecule has 4 rings (SSSR count). The number of rotatable bonds is 4. The van der Waals surface area contributed by atoms with Crippen molar-refractivity contribution in [3.05, 3.63) is 65.9 Å². The molecule has 0 bridgehead atoms. The average molecular weight is 348 g/mol. The zero-order valence-electron chi connectivity index (χ0n) is 15.1. The van der Waals surface area contributed by atoms with Crippen LogP contribution in [0.2, 0.25) is 0 Å². The summed E-state index contributed by atoms with van der Waals surface area (Å²) >= 11 is 0. The van der Waals surface area contributed by atoms with E-state index < -0.39 is 0 Å². The molecule has 1 aromatic heterocycles. The van der Waals surface area contributed by atoms with E-state index in [1.54, 1.807) is 0 Å². The second kappa shape index (κ2) is 7.24. The number of para-hydroxylation sites is 1. The molecule has 1 fully saturated rings. The van der Waals surface area contributed by atoms with E-state index in [9.17, 15) is 4.79 Å². The van der Waals surface area contributed by atoms with Gasteiger partial charge in [0, 0.05) is 29.9 Å². The van der Waals surface area contributed by atoms with Crippen LogP contribution in [0.25, 0.3) is 10.9 Å². The van der Waals surface area contributed by atoms with Gasteiger partial charge in [0.1, 0.15) is 11.4 Å². The quantitative estimate of drug-likeness (QED) is 0.759. The van der Waals surface area contributed by atoms with Crippen molar-refractivity contribution in [1.29, 1.82) is 0 Å². The summed E-state index contributed by atoms with van der Waals surface area (Å²) < 4.78 is 5.96. The van der Waals surface area contributed by atoms with Crippen molar-refractivity contribution in [1.82, 2.24) is 9.88 Å². The first-order valence-corrected chi connectivity index (χ1v) is 9.25. The molecule has 1 amide bonds. The van der Waals surface area contributed by atoms with Gasteiger partial charge in [-0.05, 0) is 49.6 Å². The molecule has 2 heterocycles. The average Bonchev–Trinajstić information content (AvgIpc) is 3.10. The lowest BCUT2D eigenvalue weighted by Gasteiger charge is -2.32. The first-order valence-electron chi connectivity index (χ1n) is 9.25. The van der Waals surface area contributed by atoms with Crippen molar-refractivity contribution in [3.63, 3.8) is 0 Å². The number of amides is 1. The summed E-state index contributed by atoms with van der Waals surface area (Å²) in [5.74, 6) is 1.36. The van der Waals surface area contributed by atoms with Gasteiger partial charge in [0.05, 0.1) is 6.61 Å².